The first-order valence-corrected chi connectivity index (χ1v) is 6.50. The quantitative estimate of drug-likeness (QED) is 0.839. The molecule has 2 N–H and O–H groups in total. The van der Waals surface area contributed by atoms with E-state index in [1.165, 1.54) is 0 Å². The topological polar surface area (TPSA) is 26.0 Å². The summed E-state index contributed by atoms with van der Waals surface area (Å²) in [4.78, 5) is 0. The summed E-state index contributed by atoms with van der Waals surface area (Å²) >= 11 is 12.2. The lowest BCUT2D eigenvalue weighted by Gasteiger charge is -2.20. The van der Waals surface area contributed by atoms with Crippen LogP contribution in [0.5, 0.6) is 0 Å². The Morgan fingerprint density at radius 1 is 1.25 bits per heavy atom. The molecule has 2 unspecified atom stereocenters. The average Bonchev–Trinajstić information content (AvgIpc) is 2.23. The smallest absolute Gasteiger partial charge is 0.0453 e. The van der Waals surface area contributed by atoms with Gasteiger partial charge in [0.05, 0.1) is 0 Å². The van der Waals surface area contributed by atoms with Crippen LogP contribution in [0.1, 0.15) is 32.3 Å². The maximum Gasteiger partial charge on any atom is 0.0453 e. The molecule has 0 amide bonds. The van der Waals surface area contributed by atoms with Gasteiger partial charge >= 0.3 is 0 Å². The highest BCUT2D eigenvalue weighted by atomic mass is 35.5. The van der Waals surface area contributed by atoms with Gasteiger partial charge in [0.25, 0.3) is 0 Å². The molecule has 0 radical (unpaired) electrons. The fourth-order valence-corrected chi connectivity index (χ4v) is 2.39. The summed E-state index contributed by atoms with van der Waals surface area (Å²) in [5, 5.41) is 1.43. The summed E-state index contributed by atoms with van der Waals surface area (Å²) in [6.07, 6.45) is 3.05. The molecule has 3 heteroatoms. The minimum absolute atomic E-state index is 0.123. The Morgan fingerprint density at radius 3 is 2.31 bits per heavy atom. The van der Waals surface area contributed by atoms with Gasteiger partial charge in [0.2, 0.25) is 0 Å². The second-order valence-electron chi connectivity index (χ2n) is 4.33. The van der Waals surface area contributed by atoms with Crippen molar-refractivity contribution in [2.45, 2.75) is 39.2 Å². The predicted octanol–water partition coefficient (Wildman–Crippen LogP) is 4.30. The summed E-state index contributed by atoms with van der Waals surface area (Å²) in [5.41, 5.74) is 7.13. The van der Waals surface area contributed by atoms with E-state index in [1.54, 1.807) is 0 Å². The van der Waals surface area contributed by atoms with Crippen LogP contribution >= 0.6 is 23.2 Å². The number of hydrogen-bond acceptors (Lipinski definition) is 1. The van der Waals surface area contributed by atoms with Gasteiger partial charge in [0.1, 0.15) is 0 Å². The Bertz CT molecular complexity index is 318. The second kappa shape index (κ2) is 6.48. The van der Waals surface area contributed by atoms with Crippen LogP contribution in [0.4, 0.5) is 0 Å². The molecule has 0 bridgehead atoms. The van der Waals surface area contributed by atoms with E-state index in [0.29, 0.717) is 16.0 Å². The Morgan fingerprint density at radius 2 is 1.81 bits per heavy atom. The largest absolute Gasteiger partial charge is 0.327 e. The Kier molecular flexibility index (Phi) is 5.60. The summed E-state index contributed by atoms with van der Waals surface area (Å²) in [7, 11) is 0. The van der Waals surface area contributed by atoms with Crippen LogP contribution in [0.2, 0.25) is 10.0 Å². The molecule has 1 aromatic carbocycles. The van der Waals surface area contributed by atoms with Crippen molar-refractivity contribution in [3.05, 3.63) is 33.8 Å². The van der Waals surface area contributed by atoms with Crippen LogP contribution in [-0.2, 0) is 6.42 Å². The Hall–Kier alpha value is -0.240. The van der Waals surface area contributed by atoms with Crippen LogP contribution in [-0.4, -0.2) is 6.04 Å². The first-order chi connectivity index (χ1) is 7.56. The molecular weight excluding hydrogens is 241 g/mol. The fourth-order valence-electron chi connectivity index (χ4n) is 1.83. The number of halogens is 2. The Balaban J connectivity index is 2.72. The van der Waals surface area contributed by atoms with Gasteiger partial charge in [-0.3, -0.25) is 0 Å². The highest BCUT2D eigenvalue weighted by molar-refractivity contribution is 6.35. The molecule has 0 spiro atoms. The SMILES string of the molecule is CCCC(C)C(N)Cc1c(Cl)cccc1Cl. The van der Waals surface area contributed by atoms with Gasteiger partial charge in [-0.2, -0.15) is 0 Å². The maximum atomic E-state index is 6.16. The van der Waals surface area contributed by atoms with Crippen molar-refractivity contribution in [1.29, 1.82) is 0 Å². The number of rotatable bonds is 5. The molecule has 0 saturated carbocycles. The molecule has 0 aliphatic heterocycles. The van der Waals surface area contributed by atoms with Gasteiger partial charge < -0.3 is 5.73 Å². The standard InChI is InChI=1S/C13H19Cl2N/c1-3-5-9(2)13(16)8-10-11(14)6-4-7-12(10)15/h4,6-7,9,13H,3,5,8,16H2,1-2H3. The molecule has 90 valence electrons. The molecule has 1 nitrogen and oxygen atoms in total. The third-order valence-electron chi connectivity index (χ3n) is 2.98. The van der Waals surface area contributed by atoms with Crippen molar-refractivity contribution in [3.8, 4) is 0 Å². The van der Waals surface area contributed by atoms with Crippen LogP contribution < -0.4 is 5.73 Å². The van der Waals surface area contributed by atoms with Crippen molar-refractivity contribution in [2.75, 3.05) is 0 Å². The van der Waals surface area contributed by atoms with Gasteiger partial charge in [-0.15, -0.1) is 0 Å². The van der Waals surface area contributed by atoms with E-state index in [2.05, 4.69) is 13.8 Å². The van der Waals surface area contributed by atoms with Crippen LogP contribution in [0.3, 0.4) is 0 Å². The third kappa shape index (κ3) is 3.65. The summed E-state index contributed by atoms with van der Waals surface area (Å²) in [5.74, 6) is 0.498. The third-order valence-corrected chi connectivity index (χ3v) is 3.68. The zero-order chi connectivity index (χ0) is 12.1. The van der Waals surface area contributed by atoms with E-state index in [1.807, 2.05) is 18.2 Å². The first kappa shape index (κ1) is 13.8. The minimum Gasteiger partial charge on any atom is -0.327 e. The van der Waals surface area contributed by atoms with Gasteiger partial charge in [0.15, 0.2) is 0 Å². The second-order valence-corrected chi connectivity index (χ2v) is 5.15. The summed E-state index contributed by atoms with van der Waals surface area (Å²) < 4.78 is 0. The molecule has 0 aliphatic rings. The minimum atomic E-state index is 0.123. The molecule has 16 heavy (non-hydrogen) atoms. The molecule has 0 fully saturated rings. The van der Waals surface area contributed by atoms with Crippen molar-refractivity contribution in [1.82, 2.24) is 0 Å². The molecular formula is C13H19Cl2N. The van der Waals surface area contributed by atoms with Crippen molar-refractivity contribution in [3.63, 3.8) is 0 Å². The molecule has 2 atom stereocenters. The summed E-state index contributed by atoms with van der Waals surface area (Å²) in [6, 6.07) is 5.70. The van der Waals surface area contributed by atoms with E-state index in [-0.39, 0.29) is 6.04 Å². The highest BCUT2D eigenvalue weighted by Crippen LogP contribution is 2.26. The molecule has 0 aromatic heterocycles. The zero-order valence-corrected chi connectivity index (χ0v) is 11.4. The van der Waals surface area contributed by atoms with E-state index >= 15 is 0 Å². The Labute approximate surface area is 108 Å². The maximum absolute atomic E-state index is 6.16. The monoisotopic (exact) mass is 259 g/mol. The molecule has 0 heterocycles. The predicted molar refractivity (Wildman–Crippen MR) is 72.2 cm³/mol. The number of nitrogens with two attached hydrogens (primary N) is 1. The van der Waals surface area contributed by atoms with Crippen molar-refractivity contribution >= 4 is 23.2 Å². The van der Waals surface area contributed by atoms with Crippen LogP contribution in [0.15, 0.2) is 18.2 Å². The zero-order valence-electron chi connectivity index (χ0n) is 9.84. The van der Waals surface area contributed by atoms with E-state index in [0.717, 1.165) is 24.8 Å². The van der Waals surface area contributed by atoms with Gasteiger partial charge in [-0.25, -0.2) is 0 Å². The number of benzene rings is 1. The summed E-state index contributed by atoms with van der Waals surface area (Å²) in [6.45, 7) is 4.35. The number of hydrogen-bond donors (Lipinski definition) is 1. The van der Waals surface area contributed by atoms with E-state index < -0.39 is 0 Å². The first-order valence-electron chi connectivity index (χ1n) is 5.74. The lowest BCUT2D eigenvalue weighted by Crippen LogP contribution is -2.30. The van der Waals surface area contributed by atoms with Crippen LogP contribution in [0.25, 0.3) is 0 Å². The molecule has 1 rings (SSSR count). The van der Waals surface area contributed by atoms with E-state index in [9.17, 15) is 0 Å². The molecule has 1 aromatic rings. The van der Waals surface area contributed by atoms with Crippen molar-refractivity contribution < 1.29 is 0 Å². The van der Waals surface area contributed by atoms with Gasteiger partial charge in [0, 0.05) is 16.1 Å². The average molecular weight is 260 g/mol. The lowest BCUT2D eigenvalue weighted by atomic mass is 9.92. The molecule has 0 aliphatic carbocycles. The van der Waals surface area contributed by atoms with E-state index in [4.69, 9.17) is 28.9 Å². The van der Waals surface area contributed by atoms with Gasteiger partial charge in [-0.1, -0.05) is 49.5 Å². The van der Waals surface area contributed by atoms with Gasteiger partial charge in [-0.05, 0) is 36.5 Å². The normalized spacial score (nSPS) is 14.8. The fraction of sp³-hybridized carbons (Fsp3) is 0.538. The van der Waals surface area contributed by atoms with Crippen molar-refractivity contribution in [2.24, 2.45) is 11.7 Å². The molecule has 0 saturated heterocycles. The lowest BCUT2D eigenvalue weighted by molar-refractivity contribution is 0.420. The van der Waals surface area contributed by atoms with Crippen LogP contribution in [0, 0.1) is 5.92 Å². The highest BCUT2D eigenvalue weighted by Gasteiger charge is 2.15.